The third-order valence-electron chi connectivity index (χ3n) is 6.26. The number of hydrogen-bond acceptors (Lipinski definition) is 5. The summed E-state index contributed by atoms with van der Waals surface area (Å²) in [5.41, 5.74) is 4.95. The lowest BCUT2D eigenvalue weighted by Gasteiger charge is -2.12. The minimum atomic E-state index is 0.0266. The number of nitrogens with zero attached hydrogens (tertiary/aromatic N) is 3. The molecular weight excluding hydrogens is 444 g/mol. The Kier molecular flexibility index (Phi) is 6.81. The Bertz CT molecular complexity index is 1280. The van der Waals surface area contributed by atoms with E-state index in [1.807, 2.05) is 54.7 Å². The number of methoxy groups -OCH3 is 1. The Hall–Kier alpha value is -3.32. The normalized spacial score (nSPS) is 13.9. The summed E-state index contributed by atoms with van der Waals surface area (Å²) >= 11 is 1.69. The van der Waals surface area contributed by atoms with Crippen LogP contribution in [-0.2, 0) is 12.3 Å². The Labute approximate surface area is 203 Å². The number of rotatable bonds is 8. The van der Waals surface area contributed by atoms with Crippen LogP contribution in [0.25, 0.3) is 11.0 Å². The van der Waals surface area contributed by atoms with Crippen LogP contribution in [0.2, 0.25) is 0 Å². The van der Waals surface area contributed by atoms with Crippen LogP contribution >= 0.6 is 11.8 Å². The van der Waals surface area contributed by atoms with E-state index in [-0.39, 0.29) is 5.91 Å². The van der Waals surface area contributed by atoms with Crippen molar-refractivity contribution in [1.29, 1.82) is 0 Å². The summed E-state index contributed by atoms with van der Waals surface area (Å²) in [7, 11) is 1.68. The van der Waals surface area contributed by atoms with Gasteiger partial charge >= 0.3 is 0 Å². The average Bonchev–Trinajstić information content (AvgIpc) is 3.51. The third kappa shape index (κ3) is 5.09. The van der Waals surface area contributed by atoms with Crippen molar-refractivity contribution in [3.63, 3.8) is 0 Å². The van der Waals surface area contributed by atoms with Crippen molar-refractivity contribution in [2.45, 2.75) is 49.2 Å². The van der Waals surface area contributed by atoms with Crippen LogP contribution in [-0.4, -0.2) is 33.6 Å². The minimum absolute atomic E-state index is 0.0266. The zero-order valence-corrected chi connectivity index (χ0v) is 20.1. The zero-order valence-electron chi connectivity index (χ0n) is 19.2. The van der Waals surface area contributed by atoms with Gasteiger partial charge in [-0.3, -0.25) is 9.78 Å². The molecule has 1 aliphatic carbocycles. The number of aromatic nitrogens is 3. The van der Waals surface area contributed by atoms with Crippen LogP contribution in [0.1, 0.15) is 47.2 Å². The maximum absolute atomic E-state index is 12.5. The molecule has 4 aromatic rings. The van der Waals surface area contributed by atoms with E-state index in [1.165, 1.54) is 12.8 Å². The summed E-state index contributed by atoms with van der Waals surface area (Å²) in [4.78, 5) is 21.7. The number of thioether (sulfide) groups is 1. The number of nitrogens with one attached hydrogen (secondary N) is 1. The molecule has 2 aromatic carbocycles. The van der Waals surface area contributed by atoms with Crippen LogP contribution in [0.5, 0.6) is 5.75 Å². The first-order valence-electron chi connectivity index (χ1n) is 11.7. The second-order valence-electron chi connectivity index (χ2n) is 8.64. The van der Waals surface area contributed by atoms with Gasteiger partial charge in [0.25, 0.3) is 5.91 Å². The number of ether oxygens (including phenoxy) is 1. The largest absolute Gasteiger partial charge is 0.497 e. The number of pyridine rings is 1. The topological polar surface area (TPSA) is 69.0 Å². The first-order chi connectivity index (χ1) is 16.7. The number of carbonyl (C=O) groups is 1. The summed E-state index contributed by atoms with van der Waals surface area (Å²) in [6.45, 7) is 0.683. The summed E-state index contributed by atoms with van der Waals surface area (Å²) in [6.07, 6.45) is 8.23. The van der Waals surface area contributed by atoms with Gasteiger partial charge in [0.05, 0.1) is 30.9 Å². The highest BCUT2D eigenvalue weighted by Crippen LogP contribution is 2.28. The fraction of sp³-hybridized carbons (Fsp3) is 0.296. The summed E-state index contributed by atoms with van der Waals surface area (Å²) < 4.78 is 7.59. The molecule has 0 atom stereocenters. The first-order valence-corrected chi connectivity index (χ1v) is 12.6. The Balaban J connectivity index is 1.30. The highest BCUT2D eigenvalue weighted by molar-refractivity contribution is 7.98. The van der Waals surface area contributed by atoms with Gasteiger partial charge in [0.2, 0.25) is 0 Å². The SMILES string of the molecule is COc1cccc(Cn2c(SCc3ccc(C(=O)NC4CCCC4)cc3)nc3ccncc32)c1. The molecule has 34 heavy (non-hydrogen) atoms. The molecule has 0 saturated heterocycles. The molecule has 0 bridgehead atoms. The fourth-order valence-electron chi connectivity index (χ4n) is 4.40. The minimum Gasteiger partial charge on any atom is -0.497 e. The molecule has 0 aliphatic heterocycles. The molecule has 2 heterocycles. The molecule has 1 amide bonds. The van der Waals surface area contributed by atoms with E-state index in [0.29, 0.717) is 12.6 Å². The Morgan fingerprint density at radius 3 is 2.74 bits per heavy atom. The van der Waals surface area contributed by atoms with Gasteiger partial charge in [-0.05, 0) is 54.3 Å². The smallest absolute Gasteiger partial charge is 0.251 e. The van der Waals surface area contributed by atoms with Gasteiger partial charge in [0.15, 0.2) is 5.16 Å². The number of benzene rings is 2. The van der Waals surface area contributed by atoms with Gasteiger partial charge in [-0.1, -0.05) is 48.9 Å². The van der Waals surface area contributed by atoms with Gasteiger partial charge in [-0.25, -0.2) is 4.98 Å². The predicted octanol–water partition coefficient (Wildman–Crippen LogP) is 5.45. The molecular formula is C27H28N4O2S. The van der Waals surface area contributed by atoms with E-state index < -0.39 is 0 Å². The van der Waals surface area contributed by atoms with Crippen molar-refractivity contribution in [2.24, 2.45) is 0 Å². The zero-order chi connectivity index (χ0) is 23.3. The van der Waals surface area contributed by atoms with Crippen LogP contribution in [0.15, 0.2) is 72.1 Å². The lowest BCUT2D eigenvalue weighted by molar-refractivity contribution is 0.0938. The van der Waals surface area contributed by atoms with Crippen LogP contribution < -0.4 is 10.1 Å². The van der Waals surface area contributed by atoms with Crippen molar-refractivity contribution in [3.05, 3.63) is 83.7 Å². The van der Waals surface area contributed by atoms with Gasteiger partial charge in [-0.2, -0.15) is 0 Å². The van der Waals surface area contributed by atoms with Gasteiger partial charge in [0.1, 0.15) is 5.75 Å². The number of carbonyl (C=O) groups excluding carboxylic acids is 1. The quantitative estimate of drug-likeness (QED) is 0.345. The summed E-state index contributed by atoms with van der Waals surface area (Å²) in [6, 6.07) is 18.3. The molecule has 2 aromatic heterocycles. The van der Waals surface area contributed by atoms with Crippen molar-refractivity contribution in [1.82, 2.24) is 19.9 Å². The molecule has 0 spiro atoms. The predicted molar refractivity (Wildman–Crippen MR) is 135 cm³/mol. The van der Waals surface area contributed by atoms with Crippen molar-refractivity contribution >= 4 is 28.7 Å². The van der Waals surface area contributed by atoms with E-state index in [1.54, 1.807) is 25.1 Å². The van der Waals surface area contributed by atoms with Crippen molar-refractivity contribution in [2.75, 3.05) is 7.11 Å². The molecule has 1 N–H and O–H groups in total. The average molecular weight is 473 g/mol. The van der Waals surface area contributed by atoms with Crippen LogP contribution in [0, 0.1) is 0 Å². The molecule has 0 unspecified atom stereocenters. The van der Waals surface area contributed by atoms with Gasteiger partial charge in [0, 0.05) is 23.6 Å². The molecule has 0 radical (unpaired) electrons. The highest BCUT2D eigenvalue weighted by Gasteiger charge is 2.18. The number of fused-ring (bicyclic) bond motifs is 1. The molecule has 1 aliphatic rings. The molecule has 7 heteroatoms. The summed E-state index contributed by atoms with van der Waals surface area (Å²) in [5, 5.41) is 4.09. The van der Waals surface area contributed by atoms with Crippen LogP contribution in [0.4, 0.5) is 0 Å². The molecule has 1 saturated carbocycles. The Morgan fingerprint density at radius 1 is 1.12 bits per heavy atom. The second-order valence-corrected chi connectivity index (χ2v) is 9.58. The second kappa shape index (κ2) is 10.3. The van der Waals surface area contributed by atoms with E-state index in [2.05, 4.69) is 20.9 Å². The maximum Gasteiger partial charge on any atom is 0.251 e. The number of imidazole rings is 1. The van der Waals surface area contributed by atoms with E-state index in [9.17, 15) is 4.79 Å². The van der Waals surface area contributed by atoms with Crippen molar-refractivity contribution in [3.8, 4) is 5.75 Å². The summed E-state index contributed by atoms with van der Waals surface area (Å²) in [5.74, 6) is 1.63. The molecule has 174 valence electrons. The Morgan fingerprint density at radius 2 is 1.94 bits per heavy atom. The number of hydrogen-bond donors (Lipinski definition) is 1. The molecule has 6 nitrogen and oxygen atoms in total. The third-order valence-corrected chi connectivity index (χ3v) is 7.31. The van der Waals surface area contributed by atoms with Crippen molar-refractivity contribution < 1.29 is 9.53 Å². The maximum atomic E-state index is 12.5. The standard InChI is InChI=1S/C27H28N4O2S/c1-33-23-8-4-5-20(15-23)17-31-25-16-28-14-13-24(25)30-27(31)34-18-19-9-11-21(12-10-19)26(32)29-22-6-2-3-7-22/h4-5,8-16,22H,2-3,6-7,17-18H2,1H3,(H,29,32). The fourth-order valence-corrected chi connectivity index (χ4v) is 5.37. The van der Waals surface area contributed by atoms with Gasteiger partial charge in [-0.15, -0.1) is 0 Å². The van der Waals surface area contributed by atoms with Crippen LogP contribution in [0.3, 0.4) is 0 Å². The molecule has 1 fully saturated rings. The lowest BCUT2D eigenvalue weighted by atomic mass is 10.1. The van der Waals surface area contributed by atoms with E-state index >= 15 is 0 Å². The highest BCUT2D eigenvalue weighted by atomic mass is 32.2. The molecule has 5 rings (SSSR count). The van der Waals surface area contributed by atoms with Gasteiger partial charge < -0.3 is 14.6 Å². The monoisotopic (exact) mass is 472 g/mol. The first kappa shape index (κ1) is 22.5. The lowest BCUT2D eigenvalue weighted by Crippen LogP contribution is -2.32. The number of amides is 1. The van der Waals surface area contributed by atoms with E-state index in [4.69, 9.17) is 9.72 Å². The van der Waals surface area contributed by atoms with E-state index in [0.717, 1.165) is 57.2 Å².